The Kier molecular flexibility index (Phi) is 7.27. The van der Waals surface area contributed by atoms with Gasteiger partial charge >= 0.3 is 5.69 Å². The second-order valence-electron chi connectivity index (χ2n) is 8.05. The zero-order chi connectivity index (χ0) is 24.8. The van der Waals surface area contributed by atoms with E-state index in [-0.39, 0.29) is 43.7 Å². The Labute approximate surface area is 201 Å². The third kappa shape index (κ3) is 5.42. The predicted molar refractivity (Wildman–Crippen MR) is 138 cm³/mol. The first-order chi connectivity index (χ1) is 17.0. The molecule has 0 radical (unpaired) electrons. The van der Waals surface area contributed by atoms with E-state index in [1.165, 1.54) is 16.6 Å². The van der Waals surface area contributed by atoms with E-state index in [1.807, 2.05) is 72.8 Å². The van der Waals surface area contributed by atoms with Crippen LogP contribution >= 0.6 is 0 Å². The van der Waals surface area contributed by atoms with Crippen LogP contribution < -0.4 is 27.2 Å². The van der Waals surface area contributed by atoms with Gasteiger partial charge in [0.15, 0.2) is 0 Å². The number of hydrogen-bond donors (Lipinski definition) is 3. The van der Waals surface area contributed by atoms with Crippen molar-refractivity contribution >= 4 is 33.9 Å². The Morgan fingerprint density at radius 1 is 1.03 bits per heavy atom. The molecule has 0 atom stereocenters. The molecule has 0 bridgehead atoms. The third-order valence-electron chi connectivity index (χ3n) is 5.68. The number of nitrogens with zero attached hydrogens (tertiary/aromatic N) is 2. The van der Waals surface area contributed by atoms with E-state index in [9.17, 15) is 14.4 Å². The maximum atomic E-state index is 13.1. The molecule has 0 saturated carbocycles. The number of nitrogens with one attached hydrogen (secondary N) is 2. The highest BCUT2D eigenvalue weighted by molar-refractivity contribution is 6.03. The highest BCUT2D eigenvalue weighted by Crippen LogP contribution is 2.23. The average Bonchev–Trinajstić information content (AvgIpc) is 2.85. The van der Waals surface area contributed by atoms with Crippen molar-refractivity contribution in [3.63, 3.8) is 0 Å². The smallest absolute Gasteiger partial charge is 0.330 e. The number of aromatic amines is 1. The lowest BCUT2D eigenvalue weighted by Crippen LogP contribution is -2.42. The zero-order valence-electron chi connectivity index (χ0n) is 19.4. The van der Waals surface area contributed by atoms with E-state index in [0.29, 0.717) is 5.69 Å². The van der Waals surface area contributed by atoms with E-state index in [1.54, 1.807) is 0 Å². The molecule has 3 aromatic carbocycles. The SMILES string of the molecule is COCCN(CC(=O)Nc1cccc2ccccc12)c1c(N)n(Cc2ccccc2)c(=O)[nH]c1=O. The molecule has 0 spiro atoms. The van der Waals surface area contributed by atoms with Crippen molar-refractivity contribution < 1.29 is 9.53 Å². The average molecular weight is 474 g/mol. The van der Waals surface area contributed by atoms with Crippen LogP contribution in [0.3, 0.4) is 0 Å². The second kappa shape index (κ2) is 10.7. The van der Waals surface area contributed by atoms with E-state index in [0.717, 1.165) is 16.3 Å². The van der Waals surface area contributed by atoms with E-state index < -0.39 is 11.2 Å². The predicted octanol–water partition coefficient (Wildman–Crippen LogP) is 2.41. The number of carbonyl (C=O) groups is 1. The van der Waals surface area contributed by atoms with Crippen LogP contribution in [0.25, 0.3) is 10.8 Å². The number of rotatable bonds is 9. The summed E-state index contributed by atoms with van der Waals surface area (Å²) >= 11 is 0. The Morgan fingerprint density at radius 2 is 1.74 bits per heavy atom. The number of amides is 1. The van der Waals surface area contributed by atoms with Gasteiger partial charge in [-0.2, -0.15) is 0 Å². The second-order valence-corrected chi connectivity index (χ2v) is 8.05. The molecule has 0 saturated heterocycles. The van der Waals surface area contributed by atoms with E-state index in [2.05, 4.69) is 10.3 Å². The quantitative estimate of drug-likeness (QED) is 0.343. The van der Waals surface area contributed by atoms with Gasteiger partial charge in [-0.1, -0.05) is 66.7 Å². The summed E-state index contributed by atoms with van der Waals surface area (Å²) in [7, 11) is 1.53. The molecule has 1 amide bonds. The Bertz CT molecular complexity index is 1440. The lowest BCUT2D eigenvalue weighted by atomic mass is 10.1. The number of aromatic nitrogens is 2. The first-order valence-corrected chi connectivity index (χ1v) is 11.2. The van der Waals surface area contributed by atoms with E-state index >= 15 is 0 Å². The maximum Gasteiger partial charge on any atom is 0.330 e. The highest BCUT2D eigenvalue weighted by Gasteiger charge is 2.21. The number of carbonyl (C=O) groups excluding carboxylic acids is 1. The molecule has 0 unspecified atom stereocenters. The first-order valence-electron chi connectivity index (χ1n) is 11.2. The standard InChI is InChI=1S/C26H27N5O4/c1-35-15-14-30(17-22(32)28-21-13-7-11-19-10-5-6-12-20(19)21)23-24(27)31(26(34)29-25(23)33)16-18-8-3-2-4-9-18/h2-13H,14-17,27H2,1H3,(H,28,32)(H,29,33,34). The van der Waals surface area contributed by atoms with Gasteiger partial charge in [-0.25, -0.2) is 4.79 Å². The van der Waals surface area contributed by atoms with Crippen LogP contribution in [0.15, 0.2) is 82.4 Å². The highest BCUT2D eigenvalue weighted by atomic mass is 16.5. The van der Waals surface area contributed by atoms with Gasteiger partial charge in [0, 0.05) is 24.7 Å². The summed E-state index contributed by atoms with van der Waals surface area (Å²) in [4.78, 5) is 42.3. The number of ether oxygens (including phenoxy) is 1. The van der Waals surface area contributed by atoms with Crippen LogP contribution in [0, 0.1) is 0 Å². The van der Waals surface area contributed by atoms with Gasteiger partial charge in [0.05, 0.1) is 19.7 Å². The summed E-state index contributed by atoms with van der Waals surface area (Å²) in [5.41, 5.74) is 6.61. The van der Waals surface area contributed by atoms with Gasteiger partial charge in [0.1, 0.15) is 11.5 Å². The number of methoxy groups -OCH3 is 1. The van der Waals surface area contributed by atoms with Crippen molar-refractivity contribution in [2.24, 2.45) is 0 Å². The van der Waals surface area contributed by atoms with Crippen LogP contribution in [-0.2, 0) is 16.1 Å². The van der Waals surface area contributed by atoms with Gasteiger partial charge in [-0.15, -0.1) is 0 Å². The van der Waals surface area contributed by atoms with Crippen molar-refractivity contribution in [1.82, 2.24) is 9.55 Å². The van der Waals surface area contributed by atoms with Crippen molar-refractivity contribution in [3.8, 4) is 0 Å². The topological polar surface area (TPSA) is 122 Å². The molecule has 1 aromatic heterocycles. The van der Waals surface area contributed by atoms with Crippen LogP contribution in [0.2, 0.25) is 0 Å². The molecule has 4 rings (SSSR count). The fourth-order valence-corrected chi connectivity index (χ4v) is 3.97. The minimum Gasteiger partial charge on any atom is -0.383 e. The summed E-state index contributed by atoms with van der Waals surface area (Å²) in [6.07, 6.45) is 0. The molecule has 4 N–H and O–H groups in total. The molecular weight excluding hydrogens is 446 g/mol. The third-order valence-corrected chi connectivity index (χ3v) is 5.68. The summed E-state index contributed by atoms with van der Waals surface area (Å²) in [5, 5.41) is 4.82. The molecule has 4 aromatic rings. The lowest BCUT2D eigenvalue weighted by molar-refractivity contribution is -0.115. The minimum atomic E-state index is -0.661. The number of benzene rings is 3. The normalized spacial score (nSPS) is 10.9. The molecule has 0 aliphatic carbocycles. The Morgan fingerprint density at radius 3 is 2.51 bits per heavy atom. The maximum absolute atomic E-state index is 13.1. The number of anilines is 3. The van der Waals surface area contributed by atoms with Crippen molar-refractivity contribution in [3.05, 3.63) is 99.2 Å². The molecule has 9 heteroatoms. The van der Waals surface area contributed by atoms with Crippen LogP contribution in [-0.4, -0.2) is 42.3 Å². The number of H-pyrrole nitrogens is 1. The fraction of sp³-hybridized carbons (Fsp3) is 0.192. The van der Waals surface area contributed by atoms with Gasteiger partial charge in [0.25, 0.3) is 5.56 Å². The molecule has 35 heavy (non-hydrogen) atoms. The molecule has 0 aliphatic rings. The fourth-order valence-electron chi connectivity index (χ4n) is 3.97. The zero-order valence-corrected chi connectivity index (χ0v) is 19.4. The van der Waals surface area contributed by atoms with Gasteiger partial charge in [0.2, 0.25) is 5.91 Å². The van der Waals surface area contributed by atoms with Crippen molar-refractivity contribution in [1.29, 1.82) is 0 Å². The van der Waals surface area contributed by atoms with Gasteiger partial charge in [-0.3, -0.25) is 19.1 Å². The molecule has 0 aliphatic heterocycles. The molecule has 0 fully saturated rings. The van der Waals surface area contributed by atoms with Crippen LogP contribution in [0.4, 0.5) is 17.2 Å². The monoisotopic (exact) mass is 473 g/mol. The van der Waals surface area contributed by atoms with Crippen molar-refractivity contribution in [2.45, 2.75) is 6.54 Å². The molecule has 180 valence electrons. The summed E-state index contributed by atoms with van der Waals surface area (Å²) in [6, 6.07) is 22.7. The Balaban J connectivity index is 1.65. The minimum absolute atomic E-state index is 0.0170. The summed E-state index contributed by atoms with van der Waals surface area (Å²) in [6.45, 7) is 0.480. The number of hydrogen-bond acceptors (Lipinski definition) is 6. The first kappa shape index (κ1) is 23.8. The van der Waals surface area contributed by atoms with Crippen LogP contribution in [0.5, 0.6) is 0 Å². The summed E-state index contributed by atoms with van der Waals surface area (Å²) in [5.74, 6) is -0.353. The van der Waals surface area contributed by atoms with Crippen molar-refractivity contribution in [2.75, 3.05) is 42.8 Å². The number of nitrogen functional groups attached to an aromatic ring is 1. The summed E-state index contributed by atoms with van der Waals surface area (Å²) < 4.78 is 6.47. The number of fused-ring (bicyclic) bond motifs is 1. The van der Waals surface area contributed by atoms with Gasteiger partial charge in [-0.05, 0) is 17.0 Å². The van der Waals surface area contributed by atoms with Gasteiger partial charge < -0.3 is 20.7 Å². The lowest BCUT2D eigenvalue weighted by Gasteiger charge is -2.25. The molecular formula is C26H27N5O4. The largest absolute Gasteiger partial charge is 0.383 e. The molecule has 1 heterocycles. The molecule has 9 nitrogen and oxygen atoms in total. The van der Waals surface area contributed by atoms with Crippen LogP contribution in [0.1, 0.15) is 5.56 Å². The van der Waals surface area contributed by atoms with E-state index in [4.69, 9.17) is 10.5 Å². The number of nitrogens with two attached hydrogens (primary N) is 1. The Hall–Kier alpha value is -4.37.